The Kier molecular flexibility index (Phi) is 3.88. The van der Waals surface area contributed by atoms with E-state index in [1.165, 1.54) is 0 Å². The van der Waals surface area contributed by atoms with Crippen LogP contribution in [-0.4, -0.2) is 30.4 Å². The minimum absolute atomic E-state index is 0.444. The molecule has 4 N–H and O–H groups in total. The zero-order valence-electron chi connectivity index (χ0n) is 9.06. The minimum Gasteiger partial charge on any atom is -0.469 e. The number of carbonyl (C=O) groups is 1. The lowest BCUT2D eigenvalue weighted by Crippen LogP contribution is -2.44. The fourth-order valence-corrected chi connectivity index (χ4v) is 1.36. The highest BCUT2D eigenvalue weighted by Gasteiger charge is 2.13. The third kappa shape index (κ3) is 3.38. The number of aryl methyl sites for hydroxylation is 1. The van der Waals surface area contributed by atoms with Crippen LogP contribution in [0.15, 0.2) is 16.7 Å². The van der Waals surface area contributed by atoms with Gasteiger partial charge in [-0.05, 0) is 20.0 Å². The number of primary amides is 1. The first-order valence-corrected chi connectivity index (χ1v) is 4.77. The summed E-state index contributed by atoms with van der Waals surface area (Å²) >= 11 is 0. The number of nitrogens with two attached hydrogens (primary N) is 2. The maximum Gasteiger partial charge on any atom is 0.235 e. The molecule has 0 radical (unpaired) electrons. The van der Waals surface area contributed by atoms with Crippen molar-refractivity contribution in [2.45, 2.75) is 19.5 Å². The summed E-state index contributed by atoms with van der Waals surface area (Å²) in [5.74, 6) is 0.403. The van der Waals surface area contributed by atoms with Gasteiger partial charge in [0.05, 0.1) is 12.3 Å². The highest BCUT2D eigenvalue weighted by molar-refractivity contribution is 5.79. The van der Waals surface area contributed by atoms with Gasteiger partial charge in [0.1, 0.15) is 5.76 Å². The summed E-state index contributed by atoms with van der Waals surface area (Å²) in [5, 5.41) is 0. The van der Waals surface area contributed by atoms with Gasteiger partial charge in [0.15, 0.2) is 0 Å². The summed E-state index contributed by atoms with van der Waals surface area (Å²) in [4.78, 5) is 12.7. The summed E-state index contributed by atoms with van der Waals surface area (Å²) in [6.07, 6.45) is 1.65. The molecule has 0 spiro atoms. The molecule has 1 aromatic heterocycles. The lowest BCUT2D eigenvalue weighted by Gasteiger charge is -2.18. The Hall–Kier alpha value is -1.33. The molecule has 1 atom stereocenters. The minimum atomic E-state index is -0.623. The molecule has 0 fully saturated rings. The Morgan fingerprint density at radius 3 is 2.80 bits per heavy atom. The molecule has 0 saturated heterocycles. The summed E-state index contributed by atoms with van der Waals surface area (Å²) in [5.41, 5.74) is 11.7. The van der Waals surface area contributed by atoms with Crippen molar-refractivity contribution in [1.82, 2.24) is 4.90 Å². The Morgan fingerprint density at radius 2 is 2.33 bits per heavy atom. The Labute approximate surface area is 89.0 Å². The van der Waals surface area contributed by atoms with E-state index in [0.29, 0.717) is 13.1 Å². The van der Waals surface area contributed by atoms with Gasteiger partial charge in [-0.2, -0.15) is 0 Å². The first kappa shape index (κ1) is 11.7. The van der Waals surface area contributed by atoms with E-state index in [1.54, 1.807) is 6.26 Å². The molecule has 1 amide bonds. The van der Waals surface area contributed by atoms with Crippen LogP contribution in [0.5, 0.6) is 0 Å². The van der Waals surface area contributed by atoms with Crippen LogP contribution in [-0.2, 0) is 11.3 Å². The zero-order valence-corrected chi connectivity index (χ0v) is 9.06. The molecule has 0 aliphatic carbocycles. The molecule has 0 saturated carbocycles. The van der Waals surface area contributed by atoms with E-state index in [-0.39, 0.29) is 0 Å². The quantitative estimate of drug-likeness (QED) is 0.708. The average Bonchev–Trinajstić information content (AvgIpc) is 2.51. The highest BCUT2D eigenvalue weighted by atomic mass is 16.3. The van der Waals surface area contributed by atoms with E-state index in [9.17, 15) is 4.79 Å². The van der Waals surface area contributed by atoms with E-state index < -0.39 is 11.9 Å². The number of carbonyl (C=O) groups excluding carboxylic acids is 1. The van der Waals surface area contributed by atoms with Crippen LogP contribution in [0, 0.1) is 6.92 Å². The molecule has 1 heterocycles. The fraction of sp³-hybridized carbons (Fsp3) is 0.500. The van der Waals surface area contributed by atoms with Gasteiger partial charge in [-0.15, -0.1) is 0 Å². The number of furan rings is 1. The Balaban J connectivity index is 2.46. The topological polar surface area (TPSA) is 85.5 Å². The van der Waals surface area contributed by atoms with Gasteiger partial charge < -0.3 is 15.9 Å². The van der Waals surface area contributed by atoms with Gasteiger partial charge >= 0.3 is 0 Å². The molecule has 5 heteroatoms. The predicted octanol–water partition coefficient (Wildman–Crippen LogP) is -0.168. The van der Waals surface area contributed by atoms with Crippen molar-refractivity contribution in [2.75, 3.05) is 13.6 Å². The number of nitrogens with zero attached hydrogens (tertiary/aromatic N) is 1. The molecule has 0 aliphatic rings. The summed E-state index contributed by atoms with van der Waals surface area (Å²) in [7, 11) is 1.88. The maximum atomic E-state index is 10.8. The summed E-state index contributed by atoms with van der Waals surface area (Å²) in [6, 6.07) is 1.28. The van der Waals surface area contributed by atoms with Gasteiger partial charge in [0.2, 0.25) is 5.91 Å². The average molecular weight is 211 g/mol. The molecule has 1 rings (SSSR count). The second-order valence-electron chi connectivity index (χ2n) is 3.71. The number of amides is 1. The van der Waals surface area contributed by atoms with Crippen LogP contribution in [0.4, 0.5) is 0 Å². The fourth-order valence-electron chi connectivity index (χ4n) is 1.36. The third-order valence-corrected chi connectivity index (χ3v) is 2.28. The Morgan fingerprint density at radius 1 is 1.67 bits per heavy atom. The van der Waals surface area contributed by atoms with Crippen LogP contribution in [0.25, 0.3) is 0 Å². The van der Waals surface area contributed by atoms with E-state index in [4.69, 9.17) is 15.9 Å². The third-order valence-electron chi connectivity index (χ3n) is 2.28. The second kappa shape index (κ2) is 4.95. The van der Waals surface area contributed by atoms with Crippen LogP contribution < -0.4 is 11.5 Å². The molecule has 0 aromatic carbocycles. The maximum absolute atomic E-state index is 10.8. The lowest BCUT2D eigenvalue weighted by atomic mass is 10.2. The molecule has 1 aromatic rings. The van der Waals surface area contributed by atoms with Crippen molar-refractivity contribution in [1.29, 1.82) is 0 Å². The van der Waals surface area contributed by atoms with Crippen LogP contribution >= 0.6 is 0 Å². The van der Waals surface area contributed by atoms with Gasteiger partial charge in [0, 0.05) is 18.7 Å². The molecular weight excluding hydrogens is 194 g/mol. The number of rotatable bonds is 5. The molecule has 15 heavy (non-hydrogen) atoms. The SMILES string of the molecule is Cc1occc1CN(C)CC(N)C(N)=O. The molecule has 0 bridgehead atoms. The molecule has 0 aliphatic heterocycles. The van der Waals surface area contributed by atoms with E-state index in [2.05, 4.69) is 0 Å². The normalized spacial score (nSPS) is 13.1. The molecular formula is C10H17N3O2. The zero-order chi connectivity index (χ0) is 11.4. The van der Waals surface area contributed by atoms with Crippen LogP contribution in [0.2, 0.25) is 0 Å². The largest absolute Gasteiger partial charge is 0.469 e. The van der Waals surface area contributed by atoms with Gasteiger partial charge in [-0.3, -0.25) is 9.69 Å². The van der Waals surface area contributed by atoms with Gasteiger partial charge in [0.25, 0.3) is 0 Å². The van der Waals surface area contributed by atoms with Gasteiger partial charge in [-0.25, -0.2) is 0 Å². The number of hydrogen-bond donors (Lipinski definition) is 2. The lowest BCUT2D eigenvalue weighted by molar-refractivity contribution is -0.119. The second-order valence-corrected chi connectivity index (χ2v) is 3.71. The summed E-state index contributed by atoms with van der Waals surface area (Å²) in [6.45, 7) is 3.04. The van der Waals surface area contributed by atoms with E-state index in [1.807, 2.05) is 24.9 Å². The van der Waals surface area contributed by atoms with Crippen molar-refractivity contribution >= 4 is 5.91 Å². The van der Waals surface area contributed by atoms with E-state index in [0.717, 1.165) is 11.3 Å². The first-order valence-electron chi connectivity index (χ1n) is 4.77. The molecule has 5 nitrogen and oxygen atoms in total. The van der Waals surface area contributed by atoms with Crippen molar-refractivity contribution in [2.24, 2.45) is 11.5 Å². The monoisotopic (exact) mass is 211 g/mol. The number of hydrogen-bond acceptors (Lipinski definition) is 4. The highest BCUT2D eigenvalue weighted by Crippen LogP contribution is 2.10. The first-order chi connectivity index (χ1) is 7.00. The predicted molar refractivity (Wildman–Crippen MR) is 56.9 cm³/mol. The van der Waals surface area contributed by atoms with Crippen molar-refractivity contribution < 1.29 is 9.21 Å². The van der Waals surface area contributed by atoms with Gasteiger partial charge in [-0.1, -0.05) is 0 Å². The van der Waals surface area contributed by atoms with Crippen molar-refractivity contribution in [3.05, 3.63) is 23.7 Å². The Bertz CT molecular complexity index is 335. The van der Waals surface area contributed by atoms with Crippen LogP contribution in [0.3, 0.4) is 0 Å². The smallest absolute Gasteiger partial charge is 0.235 e. The van der Waals surface area contributed by atoms with Crippen molar-refractivity contribution in [3.8, 4) is 0 Å². The number of likely N-dealkylation sites (N-methyl/N-ethyl adjacent to an activating group) is 1. The summed E-state index contributed by atoms with van der Waals surface area (Å²) < 4.78 is 5.17. The standard InChI is InChI=1S/C10H17N3O2/c1-7-8(3-4-15-7)5-13(2)6-9(11)10(12)14/h3-4,9H,5-6,11H2,1-2H3,(H2,12,14). The van der Waals surface area contributed by atoms with Crippen LogP contribution in [0.1, 0.15) is 11.3 Å². The van der Waals surface area contributed by atoms with Crippen molar-refractivity contribution in [3.63, 3.8) is 0 Å². The molecule has 84 valence electrons. The molecule has 1 unspecified atom stereocenters. The van der Waals surface area contributed by atoms with E-state index >= 15 is 0 Å².